The number of aromatic nitrogens is 1. The number of rotatable bonds is 4. The van der Waals surface area contributed by atoms with E-state index in [4.69, 9.17) is 5.11 Å². The fourth-order valence-electron chi connectivity index (χ4n) is 1.22. The van der Waals surface area contributed by atoms with Crippen molar-refractivity contribution in [3.8, 4) is 0 Å². The maximum atomic E-state index is 10.3. The van der Waals surface area contributed by atoms with Gasteiger partial charge in [-0.3, -0.25) is 4.79 Å². The molecule has 0 unspecified atom stereocenters. The summed E-state index contributed by atoms with van der Waals surface area (Å²) in [6, 6.07) is 7.83. The highest BCUT2D eigenvalue weighted by atomic mass is 32.1. The van der Waals surface area contributed by atoms with Crippen molar-refractivity contribution in [2.45, 2.75) is 6.42 Å². The van der Waals surface area contributed by atoms with Gasteiger partial charge in [0.1, 0.15) is 0 Å². The minimum Gasteiger partial charge on any atom is -0.481 e. The zero-order valence-electron chi connectivity index (χ0n) is 7.93. The van der Waals surface area contributed by atoms with Gasteiger partial charge in [-0.15, -0.1) is 0 Å². The van der Waals surface area contributed by atoms with Gasteiger partial charge in [-0.2, -0.15) is 0 Å². The highest BCUT2D eigenvalue weighted by Crippen LogP contribution is 2.24. The lowest BCUT2D eigenvalue weighted by Crippen LogP contribution is -2.06. The number of nitrogens with zero attached hydrogens (tertiary/aromatic N) is 1. The van der Waals surface area contributed by atoms with Crippen LogP contribution in [-0.4, -0.2) is 22.6 Å². The fraction of sp³-hybridized carbons (Fsp3) is 0.200. The van der Waals surface area contributed by atoms with Crippen LogP contribution in [0.15, 0.2) is 24.3 Å². The molecule has 5 heteroatoms. The third-order valence-electron chi connectivity index (χ3n) is 1.91. The molecule has 1 aromatic heterocycles. The first kappa shape index (κ1) is 9.92. The standard InChI is InChI=1S/C10H10N2O2S/c13-9(14)5-6-11-10-12-7-3-1-2-4-8(7)15-10/h1-4H,5-6H2,(H,11,12)(H,13,14). The quantitative estimate of drug-likeness (QED) is 0.832. The van der Waals surface area contributed by atoms with E-state index in [-0.39, 0.29) is 6.42 Å². The molecule has 15 heavy (non-hydrogen) atoms. The molecule has 2 aromatic rings. The number of para-hydroxylation sites is 1. The van der Waals surface area contributed by atoms with E-state index in [9.17, 15) is 4.79 Å². The normalized spacial score (nSPS) is 10.4. The average molecular weight is 222 g/mol. The van der Waals surface area contributed by atoms with Gasteiger partial charge in [-0.25, -0.2) is 4.98 Å². The summed E-state index contributed by atoms with van der Waals surface area (Å²) in [4.78, 5) is 14.6. The number of carboxylic acids is 1. The van der Waals surface area contributed by atoms with Crippen LogP contribution in [0.1, 0.15) is 6.42 Å². The van der Waals surface area contributed by atoms with Crippen LogP contribution in [0, 0.1) is 0 Å². The van der Waals surface area contributed by atoms with Crippen molar-refractivity contribution in [3.05, 3.63) is 24.3 Å². The lowest BCUT2D eigenvalue weighted by molar-refractivity contribution is -0.136. The Bertz CT molecular complexity index is 448. The van der Waals surface area contributed by atoms with Crippen LogP contribution < -0.4 is 5.32 Å². The summed E-state index contributed by atoms with van der Waals surface area (Å²) in [7, 11) is 0. The van der Waals surface area contributed by atoms with Gasteiger partial charge >= 0.3 is 5.97 Å². The van der Waals surface area contributed by atoms with E-state index in [2.05, 4.69) is 10.3 Å². The molecule has 0 saturated carbocycles. The Morgan fingerprint density at radius 3 is 3.00 bits per heavy atom. The Kier molecular flexibility index (Phi) is 2.82. The molecular formula is C10H10N2O2S. The maximum absolute atomic E-state index is 10.3. The monoisotopic (exact) mass is 222 g/mol. The first-order valence-electron chi connectivity index (χ1n) is 4.57. The van der Waals surface area contributed by atoms with Crippen LogP contribution in [0.4, 0.5) is 5.13 Å². The molecule has 0 aliphatic heterocycles. The molecule has 0 fully saturated rings. The van der Waals surface area contributed by atoms with Crippen LogP contribution in [0.2, 0.25) is 0 Å². The van der Waals surface area contributed by atoms with Gasteiger partial charge in [0.2, 0.25) is 0 Å². The van der Waals surface area contributed by atoms with E-state index in [1.807, 2.05) is 24.3 Å². The Hall–Kier alpha value is -1.62. The summed E-state index contributed by atoms with van der Waals surface area (Å²) in [6.07, 6.45) is 0.107. The summed E-state index contributed by atoms with van der Waals surface area (Å²) in [5.74, 6) is -0.802. The van der Waals surface area contributed by atoms with Crippen molar-refractivity contribution in [2.75, 3.05) is 11.9 Å². The first-order valence-corrected chi connectivity index (χ1v) is 5.38. The first-order chi connectivity index (χ1) is 7.25. The largest absolute Gasteiger partial charge is 0.481 e. The van der Waals surface area contributed by atoms with Crippen LogP contribution in [0.3, 0.4) is 0 Å². The zero-order chi connectivity index (χ0) is 10.7. The Labute approximate surface area is 90.6 Å². The number of anilines is 1. The topological polar surface area (TPSA) is 62.2 Å². The molecule has 0 spiro atoms. The molecule has 0 amide bonds. The van der Waals surface area contributed by atoms with Gasteiger partial charge in [-0.05, 0) is 12.1 Å². The number of carboxylic acid groups (broad SMARTS) is 1. The Morgan fingerprint density at radius 1 is 1.47 bits per heavy atom. The summed E-state index contributed by atoms with van der Waals surface area (Å²) in [5, 5.41) is 12.2. The third-order valence-corrected chi connectivity index (χ3v) is 2.90. The van der Waals surface area contributed by atoms with Gasteiger partial charge in [0, 0.05) is 6.54 Å². The minimum atomic E-state index is -0.802. The van der Waals surface area contributed by atoms with E-state index in [0.29, 0.717) is 6.54 Å². The zero-order valence-corrected chi connectivity index (χ0v) is 8.75. The molecule has 1 aromatic carbocycles. The second-order valence-electron chi connectivity index (χ2n) is 3.06. The van der Waals surface area contributed by atoms with Gasteiger partial charge in [-0.1, -0.05) is 23.5 Å². The van der Waals surface area contributed by atoms with Gasteiger partial charge in [0.05, 0.1) is 16.6 Å². The van der Waals surface area contributed by atoms with Crippen molar-refractivity contribution < 1.29 is 9.90 Å². The number of fused-ring (bicyclic) bond motifs is 1. The SMILES string of the molecule is O=C(O)CCNc1nc2ccccc2s1. The number of aliphatic carboxylic acids is 1. The molecule has 0 bridgehead atoms. The number of hydrogen-bond donors (Lipinski definition) is 2. The average Bonchev–Trinajstić information content (AvgIpc) is 2.59. The molecule has 0 saturated heterocycles. The van der Waals surface area contributed by atoms with E-state index in [1.165, 1.54) is 11.3 Å². The van der Waals surface area contributed by atoms with Crippen molar-refractivity contribution in [2.24, 2.45) is 0 Å². The number of hydrogen-bond acceptors (Lipinski definition) is 4. The molecule has 1 heterocycles. The van der Waals surface area contributed by atoms with Crippen molar-refractivity contribution in [3.63, 3.8) is 0 Å². The molecule has 2 N–H and O–H groups in total. The van der Waals surface area contributed by atoms with E-state index in [1.54, 1.807) is 0 Å². The van der Waals surface area contributed by atoms with E-state index in [0.717, 1.165) is 15.3 Å². The predicted molar refractivity (Wildman–Crippen MR) is 60.4 cm³/mol. The maximum Gasteiger partial charge on any atom is 0.305 e. The molecule has 4 nitrogen and oxygen atoms in total. The van der Waals surface area contributed by atoms with Crippen molar-refractivity contribution in [1.82, 2.24) is 4.98 Å². The summed E-state index contributed by atoms with van der Waals surface area (Å²) >= 11 is 1.53. The van der Waals surface area contributed by atoms with Crippen molar-refractivity contribution in [1.29, 1.82) is 0 Å². The number of thiazole rings is 1. The second-order valence-corrected chi connectivity index (χ2v) is 4.09. The number of carbonyl (C=O) groups is 1. The molecule has 78 valence electrons. The second kappa shape index (κ2) is 4.27. The van der Waals surface area contributed by atoms with Crippen molar-refractivity contribution >= 4 is 32.7 Å². The molecule has 0 aliphatic rings. The van der Waals surface area contributed by atoms with Crippen LogP contribution in [0.25, 0.3) is 10.2 Å². The fourth-order valence-corrected chi connectivity index (χ4v) is 2.12. The van der Waals surface area contributed by atoms with E-state index >= 15 is 0 Å². The molecule has 0 atom stereocenters. The molecule has 0 radical (unpaired) electrons. The van der Waals surface area contributed by atoms with Crippen LogP contribution in [-0.2, 0) is 4.79 Å². The highest BCUT2D eigenvalue weighted by Gasteiger charge is 2.02. The van der Waals surface area contributed by atoms with Gasteiger partial charge < -0.3 is 10.4 Å². The molecule has 2 rings (SSSR count). The van der Waals surface area contributed by atoms with Gasteiger partial charge in [0.15, 0.2) is 5.13 Å². The lowest BCUT2D eigenvalue weighted by atomic mass is 10.3. The smallest absolute Gasteiger partial charge is 0.305 e. The van der Waals surface area contributed by atoms with Gasteiger partial charge in [0.25, 0.3) is 0 Å². The summed E-state index contributed by atoms with van der Waals surface area (Å²) in [5.41, 5.74) is 0.945. The third kappa shape index (κ3) is 2.44. The molecule has 0 aliphatic carbocycles. The highest BCUT2D eigenvalue weighted by molar-refractivity contribution is 7.22. The van der Waals surface area contributed by atoms with Crippen LogP contribution in [0.5, 0.6) is 0 Å². The molecular weight excluding hydrogens is 212 g/mol. The Morgan fingerprint density at radius 2 is 2.27 bits per heavy atom. The lowest BCUT2D eigenvalue weighted by Gasteiger charge is -1.97. The van der Waals surface area contributed by atoms with E-state index < -0.39 is 5.97 Å². The summed E-state index contributed by atoms with van der Waals surface area (Å²) in [6.45, 7) is 0.412. The summed E-state index contributed by atoms with van der Waals surface area (Å²) < 4.78 is 1.11. The Balaban J connectivity index is 2.05. The predicted octanol–water partition coefficient (Wildman–Crippen LogP) is 2.18. The minimum absolute atomic E-state index is 0.107. The number of nitrogens with one attached hydrogen (secondary N) is 1. The van der Waals surface area contributed by atoms with Crippen LogP contribution >= 0.6 is 11.3 Å². The number of benzene rings is 1.